The van der Waals surface area contributed by atoms with Gasteiger partial charge >= 0.3 is 0 Å². The van der Waals surface area contributed by atoms with Crippen LogP contribution in [0.4, 0.5) is 0 Å². The summed E-state index contributed by atoms with van der Waals surface area (Å²) in [4.78, 5) is 0. The minimum Gasteiger partial charge on any atom is -0.496 e. The average Bonchev–Trinajstić information content (AvgIpc) is 2.97. The molecule has 0 atom stereocenters. The van der Waals surface area contributed by atoms with Gasteiger partial charge in [-0.2, -0.15) is 0 Å². The Morgan fingerprint density at radius 3 is 2.60 bits per heavy atom. The maximum Gasteiger partial charge on any atom is 0.251 e. The number of hydrogen-bond donors (Lipinski definition) is 0. The second-order valence-corrected chi connectivity index (χ2v) is 4.56. The predicted octanol–water partition coefficient (Wildman–Crippen LogP) is 4.07. The van der Waals surface area contributed by atoms with Crippen LogP contribution >= 0.6 is 11.6 Å². The van der Waals surface area contributed by atoms with E-state index in [0.29, 0.717) is 22.6 Å². The average molecular weight is 287 g/mol. The van der Waals surface area contributed by atoms with Crippen LogP contribution in [0.5, 0.6) is 5.75 Å². The first kappa shape index (κ1) is 12.7. The van der Waals surface area contributed by atoms with E-state index in [0.717, 1.165) is 11.1 Å². The lowest BCUT2D eigenvalue weighted by atomic mass is 10.2. The number of methoxy groups -OCH3 is 1. The summed E-state index contributed by atoms with van der Waals surface area (Å²) in [7, 11) is 1.60. The highest BCUT2D eigenvalue weighted by atomic mass is 35.5. The van der Waals surface area contributed by atoms with Crippen LogP contribution in [0.15, 0.2) is 52.9 Å². The third-order valence-electron chi connectivity index (χ3n) is 2.83. The number of ether oxygens (including phenoxy) is 1. The first-order valence-electron chi connectivity index (χ1n) is 6.01. The molecule has 0 fully saturated rings. The van der Waals surface area contributed by atoms with Crippen molar-refractivity contribution in [2.24, 2.45) is 0 Å². The Bertz CT molecular complexity index is 740. The second-order valence-electron chi connectivity index (χ2n) is 4.12. The fourth-order valence-corrected chi connectivity index (χ4v) is 2.08. The van der Waals surface area contributed by atoms with Crippen LogP contribution < -0.4 is 4.74 Å². The number of aromatic nitrogens is 2. The summed E-state index contributed by atoms with van der Waals surface area (Å²) in [5, 5.41) is 8.73. The molecule has 0 saturated carbocycles. The van der Waals surface area contributed by atoms with E-state index in [1.54, 1.807) is 19.2 Å². The van der Waals surface area contributed by atoms with Gasteiger partial charge < -0.3 is 9.15 Å². The van der Waals surface area contributed by atoms with Crippen molar-refractivity contribution in [2.75, 3.05) is 7.11 Å². The van der Waals surface area contributed by atoms with E-state index in [1.807, 2.05) is 36.4 Å². The standard InChI is InChI=1S/C15H11ClN2O2/c1-19-13-8-3-2-7-12(13)15-18-17-14(20-15)10-5-4-6-11(16)9-10/h2-9H,1H3. The molecule has 0 saturated heterocycles. The van der Waals surface area contributed by atoms with Crippen molar-refractivity contribution in [1.82, 2.24) is 10.2 Å². The van der Waals surface area contributed by atoms with Crippen LogP contribution in [0.1, 0.15) is 0 Å². The van der Waals surface area contributed by atoms with Crippen molar-refractivity contribution < 1.29 is 9.15 Å². The molecule has 0 amide bonds. The number of rotatable bonds is 3. The summed E-state index contributed by atoms with van der Waals surface area (Å²) < 4.78 is 11.0. The summed E-state index contributed by atoms with van der Waals surface area (Å²) in [5.41, 5.74) is 1.54. The van der Waals surface area contributed by atoms with E-state index in [2.05, 4.69) is 10.2 Å². The zero-order valence-corrected chi connectivity index (χ0v) is 11.5. The summed E-state index contributed by atoms with van der Waals surface area (Å²) in [6.45, 7) is 0. The number of hydrogen-bond acceptors (Lipinski definition) is 4. The molecule has 0 aliphatic heterocycles. The molecule has 0 bridgehead atoms. The topological polar surface area (TPSA) is 48.2 Å². The Balaban J connectivity index is 2.02. The zero-order chi connectivity index (χ0) is 13.9. The molecule has 0 N–H and O–H groups in total. The Morgan fingerprint density at radius 2 is 1.80 bits per heavy atom. The Labute approximate surface area is 121 Å². The quantitative estimate of drug-likeness (QED) is 0.728. The summed E-state index contributed by atoms with van der Waals surface area (Å²) in [6.07, 6.45) is 0. The van der Waals surface area contributed by atoms with Gasteiger partial charge in [0.2, 0.25) is 5.89 Å². The highest BCUT2D eigenvalue weighted by molar-refractivity contribution is 6.30. The molecule has 4 nitrogen and oxygen atoms in total. The van der Waals surface area contributed by atoms with Gasteiger partial charge in [0.05, 0.1) is 12.7 Å². The Morgan fingerprint density at radius 1 is 1.00 bits per heavy atom. The lowest BCUT2D eigenvalue weighted by Gasteiger charge is -2.03. The summed E-state index contributed by atoms with van der Waals surface area (Å²) in [6, 6.07) is 14.8. The maximum absolute atomic E-state index is 5.96. The molecule has 0 aliphatic rings. The van der Waals surface area contributed by atoms with Gasteiger partial charge in [-0.05, 0) is 30.3 Å². The highest BCUT2D eigenvalue weighted by Crippen LogP contribution is 2.31. The number of halogens is 1. The van der Waals surface area contributed by atoms with Gasteiger partial charge in [0.15, 0.2) is 0 Å². The van der Waals surface area contributed by atoms with Gasteiger partial charge in [-0.3, -0.25) is 0 Å². The predicted molar refractivity (Wildman–Crippen MR) is 76.7 cm³/mol. The molecular weight excluding hydrogens is 276 g/mol. The van der Waals surface area contributed by atoms with E-state index in [-0.39, 0.29) is 0 Å². The monoisotopic (exact) mass is 286 g/mol. The molecule has 1 heterocycles. The molecule has 0 aliphatic carbocycles. The Hall–Kier alpha value is -2.33. The van der Waals surface area contributed by atoms with Crippen molar-refractivity contribution in [3.05, 3.63) is 53.6 Å². The summed E-state index contributed by atoms with van der Waals surface area (Å²) >= 11 is 5.96. The first-order valence-corrected chi connectivity index (χ1v) is 6.38. The molecule has 0 radical (unpaired) electrons. The van der Waals surface area contributed by atoms with E-state index < -0.39 is 0 Å². The van der Waals surface area contributed by atoms with Crippen LogP contribution in [0.2, 0.25) is 5.02 Å². The third kappa shape index (κ3) is 2.38. The molecule has 3 aromatic rings. The number of benzene rings is 2. The Kier molecular flexibility index (Phi) is 3.39. The minimum atomic E-state index is 0.414. The zero-order valence-electron chi connectivity index (χ0n) is 10.7. The van der Waals surface area contributed by atoms with Crippen LogP contribution in [-0.4, -0.2) is 17.3 Å². The van der Waals surface area contributed by atoms with Crippen LogP contribution in [0.3, 0.4) is 0 Å². The van der Waals surface area contributed by atoms with Crippen molar-refractivity contribution >= 4 is 11.6 Å². The minimum absolute atomic E-state index is 0.414. The van der Waals surface area contributed by atoms with Crippen LogP contribution in [0.25, 0.3) is 22.9 Å². The van der Waals surface area contributed by atoms with Gasteiger partial charge in [0.1, 0.15) is 5.75 Å². The van der Waals surface area contributed by atoms with Crippen molar-refractivity contribution in [2.45, 2.75) is 0 Å². The molecule has 100 valence electrons. The molecule has 20 heavy (non-hydrogen) atoms. The van der Waals surface area contributed by atoms with Crippen LogP contribution in [0, 0.1) is 0 Å². The number of para-hydroxylation sites is 1. The second kappa shape index (κ2) is 5.35. The first-order chi connectivity index (χ1) is 9.78. The highest BCUT2D eigenvalue weighted by Gasteiger charge is 2.14. The normalized spacial score (nSPS) is 10.5. The fourth-order valence-electron chi connectivity index (χ4n) is 1.89. The van der Waals surface area contributed by atoms with Gasteiger partial charge in [-0.1, -0.05) is 29.8 Å². The lowest BCUT2D eigenvalue weighted by Crippen LogP contribution is -1.87. The summed E-state index contributed by atoms with van der Waals surface area (Å²) in [5.74, 6) is 1.53. The van der Waals surface area contributed by atoms with E-state index in [1.165, 1.54) is 0 Å². The van der Waals surface area contributed by atoms with E-state index in [4.69, 9.17) is 20.8 Å². The smallest absolute Gasteiger partial charge is 0.251 e. The fraction of sp³-hybridized carbons (Fsp3) is 0.0667. The van der Waals surface area contributed by atoms with Gasteiger partial charge in [0.25, 0.3) is 5.89 Å². The lowest BCUT2D eigenvalue weighted by molar-refractivity contribution is 0.414. The van der Waals surface area contributed by atoms with Crippen molar-refractivity contribution in [1.29, 1.82) is 0 Å². The van der Waals surface area contributed by atoms with Crippen LogP contribution in [-0.2, 0) is 0 Å². The molecular formula is C15H11ClN2O2. The molecule has 0 spiro atoms. The van der Waals surface area contributed by atoms with Gasteiger partial charge in [0, 0.05) is 10.6 Å². The molecule has 3 rings (SSSR count). The molecule has 2 aromatic carbocycles. The van der Waals surface area contributed by atoms with Crippen molar-refractivity contribution in [3.63, 3.8) is 0 Å². The SMILES string of the molecule is COc1ccccc1-c1nnc(-c2cccc(Cl)c2)o1. The van der Waals surface area contributed by atoms with Crippen molar-refractivity contribution in [3.8, 4) is 28.7 Å². The largest absolute Gasteiger partial charge is 0.496 e. The van der Waals surface area contributed by atoms with E-state index >= 15 is 0 Å². The third-order valence-corrected chi connectivity index (χ3v) is 3.07. The molecule has 1 aromatic heterocycles. The van der Waals surface area contributed by atoms with Gasteiger partial charge in [-0.15, -0.1) is 10.2 Å². The van der Waals surface area contributed by atoms with Gasteiger partial charge in [-0.25, -0.2) is 0 Å². The van der Waals surface area contributed by atoms with E-state index in [9.17, 15) is 0 Å². The molecule has 5 heteroatoms. The maximum atomic E-state index is 5.96. The number of nitrogens with zero attached hydrogens (tertiary/aromatic N) is 2. The molecule has 0 unspecified atom stereocenters.